The molecule has 0 saturated heterocycles. The first kappa shape index (κ1) is 13.6. The number of benzene rings is 2. The van der Waals surface area contributed by atoms with Gasteiger partial charge in [0.05, 0.1) is 10.3 Å². The molecule has 0 atom stereocenters. The third kappa shape index (κ3) is 1.87. The molecule has 0 amide bonds. The Hall–Kier alpha value is -3.06. The van der Waals surface area contributed by atoms with Gasteiger partial charge in [-0.1, -0.05) is 17.7 Å². The van der Waals surface area contributed by atoms with Gasteiger partial charge in [0.25, 0.3) is 5.69 Å². The van der Waals surface area contributed by atoms with Crippen LogP contribution >= 0.6 is 11.6 Å². The van der Waals surface area contributed by atoms with Gasteiger partial charge in [0.15, 0.2) is 17.0 Å². The van der Waals surface area contributed by atoms with Crippen molar-refractivity contribution < 1.29 is 9.34 Å². The number of aromatic nitrogens is 2. The van der Waals surface area contributed by atoms with E-state index < -0.39 is 10.4 Å². The zero-order valence-corrected chi connectivity index (χ0v) is 12.1. The highest BCUT2D eigenvalue weighted by molar-refractivity contribution is 6.34. The Balaban J connectivity index is 2.35. The van der Waals surface area contributed by atoms with Gasteiger partial charge in [-0.15, -0.1) is 0 Å². The molecule has 0 N–H and O–H groups in total. The topological polar surface area (TPSA) is 99.1 Å². The molecule has 0 saturated carbocycles. The zero-order valence-electron chi connectivity index (χ0n) is 11.3. The molecular weight excluding hydrogens is 322 g/mol. The van der Waals surface area contributed by atoms with E-state index in [2.05, 4.69) is 9.97 Å². The highest BCUT2D eigenvalue weighted by Crippen LogP contribution is 2.38. The predicted molar refractivity (Wildman–Crippen MR) is 83.9 cm³/mol. The Kier molecular flexibility index (Phi) is 2.79. The summed E-state index contributed by atoms with van der Waals surface area (Å²) in [6, 6.07) is 7.48. The minimum atomic E-state index is -0.570. The minimum absolute atomic E-state index is 0.0129. The van der Waals surface area contributed by atoms with E-state index >= 15 is 0 Å². The molecule has 1 aromatic heterocycles. The molecule has 0 unspecified atom stereocenters. The van der Waals surface area contributed by atoms with E-state index in [1.54, 1.807) is 12.1 Å². The molecule has 7 nitrogen and oxygen atoms in total. The SMILES string of the molecule is O=c1c(Cl)c2oc3cccnc3nc-2c2c([N+](=O)[O-])cccc12. The van der Waals surface area contributed by atoms with Crippen molar-refractivity contribution in [2.24, 2.45) is 0 Å². The maximum Gasteiger partial charge on any atom is 0.279 e. The number of rotatable bonds is 1. The summed E-state index contributed by atoms with van der Waals surface area (Å²) in [5, 5.41) is 11.4. The van der Waals surface area contributed by atoms with E-state index in [9.17, 15) is 14.9 Å². The van der Waals surface area contributed by atoms with Crippen molar-refractivity contribution >= 4 is 39.3 Å². The van der Waals surface area contributed by atoms with Gasteiger partial charge in [0.1, 0.15) is 10.7 Å². The van der Waals surface area contributed by atoms with E-state index in [0.29, 0.717) is 5.58 Å². The van der Waals surface area contributed by atoms with Crippen molar-refractivity contribution in [1.29, 1.82) is 0 Å². The summed E-state index contributed by atoms with van der Waals surface area (Å²) in [6.45, 7) is 0. The molecule has 8 heteroatoms. The summed E-state index contributed by atoms with van der Waals surface area (Å²) in [6.07, 6.45) is 1.52. The smallest absolute Gasteiger partial charge is 0.279 e. The zero-order chi connectivity index (χ0) is 16.1. The Labute approximate surface area is 132 Å². The number of hydrogen-bond donors (Lipinski definition) is 0. The lowest BCUT2D eigenvalue weighted by Crippen LogP contribution is -2.08. The molecule has 2 aliphatic rings. The molecule has 2 heterocycles. The lowest BCUT2D eigenvalue weighted by molar-refractivity contribution is -0.383. The Morgan fingerprint density at radius 2 is 2.04 bits per heavy atom. The van der Waals surface area contributed by atoms with Crippen molar-refractivity contribution in [3.8, 4) is 11.5 Å². The summed E-state index contributed by atoms with van der Waals surface area (Å²) in [5.74, 6) is 0.0129. The van der Waals surface area contributed by atoms with Crippen LogP contribution in [-0.4, -0.2) is 14.9 Å². The van der Waals surface area contributed by atoms with Gasteiger partial charge in [0, 0.05) is 17.6 Å². The number of fused-ring (bicyclic) bond motifs is 4. The van der Waals surface area contributed by atoms with E-state index in [0.717, 1.165) is 0 Å². The Bertz CT molecular complexity index is 1140. The first-order chi connectivity index (χ1) is 11.1. The van der Waals surface area contributed by atoms with Crippen molar-refractivity contribution in [3.05, 3.63) is 61.9 Å². The second-order valence-corrected chi connectivity index (χ2v) is 5.19. The van der Waals surface area contributed by atoms with Crippen LogP contribution in [-0.2, 0) is 0 Å². The molecule has 0 bridgehead atoms. The van der Waals surface area contributed by atoms with Crippen LogP contribution in [0.15, 0.2) is 45.7 Å². The summed E-state index contributed by atoms with van der Waals surface area (Å²) in [7, 11) is 0. The van der Waals surface area contributed by atoms with Crippen LogP contribution in [0.4, 0.5) is 5.69 Å². The molecule has 0 fully saturated rings. The molecule has 0 spiro atoms. The third-order valence-corrected chi connectivity index (χ3v) is 3.86. The quantitative estimate of drug-likeness (QED) is 0.230. The highest BCUT2D eigenvalue weighted by atomic mass is 35.5. The molecule has 0 radical (unpaired) electrons. The number of nitro benzene ring substituents is 1. The predicted octanol–water partition coefficient (Wildman–Crippen LogP) is 3.40. The van der Waals surface area contributed by atoms with Gasteiger partial charge < -0.3 is 4.42 Å². The summed E-state index contributed by atoms with van der Waals surface area (Å²) in [5.41, 5.74) is -0.0256. The number of halogens is 1. The van der Waals surface area contributed by atoms with E-state index in [1.165, 1.54) is 24.4 Å². The van der Waals surface area contributed by atoms with Gasteiger partial charge in [-0.25, -0.2) is 9.97 Å². The van der Waals surface area contributed by atoms with Crippen LogP contribution in [0.1, 0.15) is 0 Å². The fourth-order valence-electron chi connectivity index (χ4n) is 2.53. The number of nitro groups is 1. The number of hydrogen-bond acceptors (Lipinski definition) is 6. The number of pyridine rings is 1. The minimum Gasteiger partial charge on any atom is -0.449 e. The molecule has 1 aromatic carbocycles. The Morgan fingerprint density at radius 3 is 2.83 bits per heavy atom. The largest absolute Gasteiger partial charge is 0.449 e. The Morgan fingerprint density at radius 1 is 1.22 bits per heavy atom. The lowest BCUT2D eigenvalue weighted by atomic mass is 10.0. The van der Waals surface area contributed by atoms with Crippen LogP contribution in [0.5, 0.6) is 0 Å². The summed E-state index contributed by atoms with van der Waals surface area (Å²) >= 11 is 6.10. The van der Waals surface area contributed by atoms with Crippen molar-refractivity contribution in [2.45, 2.75) is 0 Å². The van der Waals surface area contributed by atoms with Crippen LogP contribution in [0, 0.1) is 10.1 Å². The average molecular weight is 328 g/mol. The fourth-order valence-corrected chi connectivity index (χ4v) is 2.76. The van der Waals surface area contributed by atoms with E-state index in [-0.39, 0.29) is 38.6 Å². The molecule has 1 aliphatic carbocycles. The second kappa shape index (κ2) is 4.72. The van der Waals surface area contributed by atoms with Crippen molar-refractivity contribution in [1.82, 2.24) is 9.97 Å². The van der Waals surface area contributed by atoms with Gasteiger partial charge in [-0.2, -0.15) is 0 Å². The average Bonchev–Trinajstić information content (AvgIpc) is 2.57. The fraction of sp³-hybridized carbons (Fsp3) is 0. The van der Waals surface area contributed by atoms with Crippen LogP contribution in [0.3, 0.4) is 0 Å². The lowest BCUT2D eigenvalue weighted by Gasteiger charge is -2.10. The third-order valence-electron chi connectivity index (χ3n) is 3.51. The summed E-state index contributed by atoms with van der Waals surface area (Å²) in [4.78, 5) is 31.5. The monoisotopic (exact) mass is 327 g/mol. The van der Waals surface area contributed by atoms with Crippen molar-refractivity contribution in [3.63, 3.8) is 0 Å². The van der Waals surface area contributed by atoms with Crippen LogP contribution < -0.4 is 5.43 Å². The first-order valence-corrected chi connectivity index (χ1v) is 6.90. The van der Waals surface area contributed by atoms with Crippen LogP contribution in [0.2, 0.25) is 5.02 Å². The molecule has 4 rings (SSSR count). The first-order valence-electron chi connectivity index (χ1n) is 6.52. The van der Waals surface area contributed by atoms with Gasteiger partial charge >= 0.3 is 0 Å². The number of nitrogens with zero attached hydrogens (tertiary/aromatic N) is 3. The number of non-ortho nitro benzene ring substituents is 1. The van der Waals surface area contributed by atoms with Gasteiger partial charge in [0.2, 0.25) is 5.43 Å². The molecular formula is C15H6ClN3O4. The van der Waals surface area contributed by atoms with E-state index in [1.807, 2.05) is 0 Å². The highest BCUT2D eigenvalue weighted by Gasteiger charge is 2.26. The molecule has 2 aromatic rings. The summed E-state index contributed by atoms with van der Waals surface area (Å²) < 4.78 is 5.62. The normalized spacial score (nSPS) is 11.3. The molecule has 23 heavy (non-hydrogen) atoms. The second-order valence-electron chi connectivity index (χ2n) is 4.82. The maximum atomic E-state index is 12.4. The molecule has 112 valence electrons. The molecule has 1 aliphatic heterocycles. The maximum absolute atomic E-state index is 12.4. The van der Waals surface area contributed by atoms with E-state index in [4.69, 9.17) is 16.0 Å². The van der Waals surface area contributed by atoms with Crippen LogP contribution in [0.25, 0.3) is 33.5 Å². The van der Waals surface area contributed by atoms with Crippen molar-refractivity contribution in [2.75, 3.05) is 0 Å². The van der Waals surface area contributed by atoms with Gasteiger partial charge in [-0.3, -0.25) is 14.9 Å². The standard InChI is InChI=1S/C15H6ClN3O4/c16-11-13(20)7-3-1-4-8(19(21)22)10(7)12-14(11)23-9-5-2-6-17-15(9)18-12/h1-6H. The van der Waals surface area contributed by atoms with Gasteiger partial charge in [-0.05, 0) is 18.2 Å².